The Morgan fingerprint density at radius 3 is 2.52 bits per heavy atom. The van der Waals surface area contributed by atoms with Crippen LogP contribution < -0.4 is 4.90 Å². The van der Waals surface area contributed by atoms with Gasteiger partial charge in [-0.1, -0.05) is 41.4 Å². The van der Waals surface area contributed by atoms with Gasteiger partial charge < -0.3 is 9.88 Å². The second-order valence-electron chi connectivity index (χ2n) is 6.93. The van der Waals surface area contributed by atoms with Gasteiger partial charge in [0.15, 0.2) is 0 Å². The highest BCUT2D eigenvalue weighted by Crippen LogP contribution is 2.30. The Labute approximate surface area is 173 Å². The van der Waals surface area contributed by atoms with Gasteiger partial charge in [0, 0.05) is 19.8 Å². The molecule has 0 radical (unpaired) electrons. The monoisotopic (exact) mass is 402 g/mol. The van der Waals surface area contributed by atoms with Gasteiger partial charge in [-0.25, -0.2) is 9.97 Å². The molecule has 29 heavy (non-hydrogen) atoms. The number of halogens is 1. The van der Waals surface area contributed by atoms with Crippen molar-refractivity contribution in [1.82, 2.24) is 19.5 Å². The fourth-order valence-corrected chi connectivity index (χ4v) is 3.36. The number of nitrogens with one attached hydrogen (secondary N) is 1. The maximum absolute atomic E-state index is 9.72. The highest BCUT2D eigenvalue weighted by atomic mass is 35.5. The average Bonchev–Trinajstić information content (AvgIpc) is 3.28. The van der Waals surface area contributed by atoms with E-state index in [1.165, 1.54) is 0 Å². The van der Waals surface area contributed by atoms with Gasteiger partial charge >= 0.3 is 0 Å². The summed E-state index contributed by atoms with van der Waals surface area (Å²) in [5, 5.41) is 10.2. The number of para-hydroxylation sites is 2. The lowest BCUT2D eigenvalue weighted by atomic mass is 10.2. The van der Waals surface area contributed by atoms with E-state index in [4.69, 9.17) is 11.6 Å². The number of benzene rings is 2. The van der Waals surface area contributed by atoms with Crippen LogP contribution in [0.5, 0.6) is 0 Å². The molecular weight excluding hydrogens is 384 g/mol. The molecule has 0 aliphatic heterocycles. The molecule has 0 saturated carbocycles. The van der Waals surface area contributed by atoms with E-state index >= 15 is 0 Å². The first-order chi connectivity index (χ1) is 14.0. The van der Waals surface area contributed by atoms with Crippen molar-refractivity contribution >= 4 is 40.2 Å². The number of hydrogen-bond acceptors (Lipinski definition) is 4. The summed E-state index contributed by atoms with van der Waals surface area (Å²) in [6.45, 7) is 2.03. The Kier molecular flexibility index (Phi) is 4.83. The molecule has 144 valence electrons. The number of aromatic amines is 1. The fourth-order valence-electron chi connectivity index (χ4n) is 3.09. The van der Waals surface area contributed by atoms with Crippen molar-refractivity contribution in [1.29, 1.82) is 5.26 Å². The number of anilines is 1. The van der Waals surface area contributed by atoms with Crippen molar-refractivity contribution in [3.8, 4) is 11.8 Å². The molecule has 0 atom stereocenters. The summed E-state index contributed by atoms with van der Waals surface area (Å²) in [7, 11) is 3.81. The number of allylic oxidation sites excluding steroid dienone is 1. The van der Waals surface area contributed by atoms with Crippen LogP contribution in [-0.2, 0) is 0 Å². The number of H-pyrrole nitrogens is 1. The molecule has 0 aliphatic rings. The van der Waals surface area contributed by atoms with Crippen molar-refractivity contribution in [2.45, 2.75) is 6.92 Å². The minimum Gasteiger partial charge on any atom is -0.348 e. The zero-order chi connectivity index (χ0) is 20.5. The first-order valence-electron chi connectivity index (χ1n) is 9.07. The highest BCUT2D eigenvalue weighted by Gasteiger charge is 2.19. The van der Waals surface area contributed by atoms with Crippen LogP contribution in [0.1, 0.15) is 17.1 Å². The molecule has 0 bridgehead atoms. The Hall–Kier alpha value is -3.56. The molecule has 0 saturated heterocycles. The number of imidazole rings is 2. The van der Waals surface area contributed by atoms with Crippen LogP contribution in [0.15, 0.2) is 48.5 Å². The second kappa shape index (κ2) is 7.46. The van der Waals surface area contributed by atoms with E-state index in [1.54, 1.807) is 6.08 Å². The van der Waals surface area contributed by atoms with Crippen molar-refractivity contribution in [3.05, 3.63) is 70.8 Å². The zero-order valence-electron chi connectivity index (χ0n) is 16.3. The van der Waals surface area contributed by atoms with E-state index in [0.29, 0.717) is 28.2 Å². The maximum Gasteiger partial charge on any atom is 0.211 e. The smallest absolute Gasteiger partial charge is 0.211 e. The predicted molar refractivity (Wildman–Crippen MR) is 117 cm³/mol. The minimum absolute atomic E-state index is 0.363. The Balaban J connectivity index is 1.84. The van der Waals surface area contributed by atoms with Gasteiger partial charge in [-0.3, -0.25) is 4.57 Å². The third-order valence-corrected chi connectivity index (χ3v) is 4.93. The third kappa shape index (κ3) is 3.48. The van der Waals surface area contributed by atoms with Crippen molar-refractivity contribution in [2.75, 3.05) is 19.0 Å². The molecule has 2 aromatic carbocycles. The Morgan fingerprint density at radius 2 is 1.86 bits per heavy atom. The SMILES string of the molecule is Cc1ccc(-n2c(N(C)C)nc(C=C(C#N)c3nc4ccccc4[nH]3)c2Cl)cc1. The number of hydrogen-bond donors (Lipinski definition) is 1. The molecule has 2 heterocycles. The third-order valence-electron chi connectivity index (χ3n) is 4.57. The molecule has 0 aliphatic carbocycles. The number of rotatable bonds is 4. The summed E-state index contributed by atoms with van der Waals surface area (Å²) in [5.74, 6) is 1.16. The maximum atomic E-state index is 9.72. The molecule has 1 N–H and O–H groups in total. The van der Waals surface area contributed by atoms with Gasteiger partial charge in [-0.2, -0.15) is 5.26 Å². The van der Waals surface area contributed by atoms with E-state index in [1.807, 2.05) is 79.0 Å². The number of fused-ring (bicyclic) bond motifs is 1. The molecule has 6 nitrogen and oxygen atoms in total. The van der Waals surface area contributed by atoms with E-state index in [9.17, 15) is 5.26 Å². The van der Waals surface area contributed by atoms with Crippen LogP contribution in [0.2, 0.25) is 5.15 Å². The van der Waals surface area contributed by atoms with Crippen molar-refractivity contribution < 1.29 is 0 Å². The summed E-state index contributed by atoms with van der Waals surface area (Å²) in [6.07, 6.45) is 1.66. The molecular formula is C22H19ClN6. The molecule has 2 aromatic heterocycles. The summed E-state index contributed by atoms with van der Waals surface area (Å²) >= 11 is 6.70. The van der Waals surface area contributed by atoms with E-state index in [-0.39, 0.29) is 0 Å². The van der Waals surface area contributed by atoms with Gasteiger partial charge in [-0.15, -0.1) is 0 Å². The summed E-state index contributed by atoms with van der Waals surface area (Å²) in [5.41, 5.74) is 4.60. The van der Waals surface area contributed by atoms with Gasteiger partial charge in [0.05, 0.1) is 16.6 Å². The Bertz CT molecular complexity index is 1220. The first kappa shape index (κ1) is 18.8. The van der Waals surface area contributed by atoms with Gasteiger partial charge in [0.25, 0.3) is 0 Å². The van der Waals surface area contributed by atoms with Gasteiger partial charge in [0.2, 0.25) is 5.95 Å². The van der Waals surface area contributed by atoms with E-state index < -0.39 is 0 Å². The first-order valence-corrected chi connectivity index (χ1v) is 9.45. The van der Waals surface area contributed by atoms with Crippen LogP contribution in [-0.4, -0.2) is 33.6 Å². The lowest BCUT2D eigenvalue weighted by Gasteiger charge is -2.15. The molecule has 0 unspecified atom stereocenters. The Morgan fingerprint density at radius 1 is 1.14 bits per heavy atom. The molecule has 0 amide bonds. The standard InChI is InChI=1S/C22H19ClN6/c1-14-8-10-16(11-9-14)29-20(23)19(27-22(29)28(2)3)12-15(13-24)21-25-17-6-4-5-7-18(17)26-21/h4-12H,1-3H3,(H,25,26). The zero-order valence-corrected chi connectivity index (χ0v) is 17.1. The van der Waals surface area contributed by atoms with Crippen LogP contribution >= 0.6 is 11.6 Å². The summed E-state index contributed by atoms with van der Waals surface area (Å²) < 4.78 is 1.86. The number of nitriles is 1. The van der Waals surface area contributed by atoms with E-state index in [2.05, 4.69) is 21.0 Å². The molecule has 4 aromatic rings. The highest BCUT2D eigenvalue weighted by molar-refractivity contribution is 6.31. The van der Waals surface area contributed by atoms with E-state index in [0.717, 1.165) is 22.3 Å². The normalized spacial score (nSPS) is 11.6. The minimum atomic E-state index is 0.363. The predicted octanol–water partition coefficient (Wildman–Crippen LogP) is 4.84. The lowest BCUT2D eigenvalue weighted by Crippen LogP contribution is -2.14. The summed E-state index contributed by atoms with van der Waals surface area (Å²) in [4.78, 5) is 14.2. The van der Waals surface area contributed by atoms with Crippen LogP contribution in [0.4, 0.5) is 5.95 Å². The van der Waals surface area contributed by atoms with Gasteiger partial charge in [0.1, 0.15) is 22.7 Å². The molecule has 7 heteroatoms. The summed E-state index contributed by atoms with van der Waals surface area (Å²) in [6, 6.07) is 17.9. The molecule has 0 fully saturated rings. The van der Waals surface area contributed by atoms with Gasteiger partial charge in [-0.05, 0) is 37.3 Å². The largest absolute Gasteiger partial charge is 0.348 e. The average molecular weight is 403 g/mol. The van der Waals surface area contributed by atoms with Crippen LogP contribution in [0, 0.1) is 18.3 Å². The van der Waals surface area contributed by atoms with Crippen LogP contribution in [0.3, 0.4) is 0 Å². The van der Waals surface area contributed by atoms with Crippen LogP contribution in [0.25, 0.3) is 28.4 Å². The second-order valence-corrected chi connectivity index (χ2v) is 7.28. The lowest BCUT2D eigenvalue weighted by molar-refractivity contribution is 0.954. The molecule has 4 rings (SSSR count). The topological polar surface area (TPSA) is 73.5 Å². The van der Waals surface area contributed by atoms with Crippen molar-refractivity contribution in [3.63, 3.8) is 0 Å². The quantitative estimate of drug-likeness (QED) is 0.495. The van der Waals surface area contributed by atoms with Crippen molar-refractivity contribution in [2.24, 2.45) is 0 Å². The molecule has 0 spiro atoms. The number of aromatic nitrogens is 4. The number of nitrogens with zero attached hydrogens (tertiary/aromatic N) is 5. The fraction of sp³-hybridized carbons (Fsp3) is 0.136. The number of aryl methyl sites for hydroxylation is 1.